The van der Waals surface area contributed by atoms with Crippen molar-refractivity contribution < 1.29 is 0 Å². The Morgan fingerprint density at radius 1 is 1.06 bits per heavy atom. The fourth-order valence-electron chi connectivity index (χ4n) is 2.70. The van der Waals surface area contributed by atoms with Crippen molar-refractivity contribution in [3.63, 3.8) is 0 Å². The second-order valence-electron chi connectivity index (χ2n) is 5.93. The molecule has 18 heavy (non-hydrogen) atoms. The summed E-state index contributed by atoms with van der Waals surface area (Å²) in [6, 6.07) is 15.2. The number of rotatable bonds is 4. The van der Waals surface area contributed by atoms with E-state index in [4.69, 9.17) is 0 Å². The third kappa shape index (κ3) is 2.10. The van der Waals surface area contributed by atoms with Crippen LogP contribution in [-0.4, -0.2) is 6.54 Å². The molecule has 94 valence electrons. The normalized spacial score (nSPS) is 17.1. The highest BCUT2D eigenvalue weighted by molar-refractivity contribution is 5.85. The average Bonchev–Trinajstić information content (AvgIpc) is 3.17. The summed E-state index contributed by atoms with van der Waals surface area (Å²) in [5.74, 6) is 0.783. The quantitative estimate of drug-likeness (QED) is 0.816. The summed E-state index contributed by atoms with van der Waals surface area (Å²) in [6.07, 6.45) is 2.76. The van der Waals surface area contributed by atoms with Crippen LogP contribution in [0.1, 0.15) is 26.7 Å². The predicted octanol–water partition coefficient (Wildman–Crippen LogP) is 4.69. The first-order valence-electron chi connectivity index (χ1n) is 6.92. The van der Waals surface area contributed by atoms with Gasteiger partial charge in [-0.15, -0.1) is 0 Å². The van der Waals surface area contributed by atoms with Crippen molar-refractivity contribution in [2.45, 2.75) is 26.7 Å². The molecule has 1 fully saturated rings. The van der Waals surface area contributed by atoms with Crippen LogP contribution in [0.25, 0.3) is 10.8 Å². The maximum atomic E-state index is 3.62. The van der Waals surface area contributed by atoms with Crippen molar-refractivity contribution in [2.24, 2.45) is 11.3 Å². The maximum Gasteiger partial charge on any atom is 0.0346 e. The van der Waals surface area contributed by atoms with Crippen LogP contribution < -0.4 is 5.32 Å². The van der Waals surface area contributed by atoms with E-state index in [2.05, 4.69) is 61.6 Å². The Labute approximate surface area is 109 Å². The van der Waals surface area contributed by atoms with Crippen LogP contribution in [0.5, 0.6) is 0 Å². The summed E-state index contributed by atoms with van der Waals surface area (Å²) in [6.45, 7) is 5.80. The van der Waals surface area contributed by atoms with E-state index in [0.29, 0.717) is 5.41 Å². The molecule has 1 heteroatoms. The molecule has 0 heterocycles. The Morgan fingerprint density at radius 3 is 2.44 bits per heavy atom. The van der Waals surface area contributed by atoms with Gasteiger partial charge in [0.15, 0.2) is 0 Å². The van der Waals surface area contributed by atoms with Gasteiger partial charge in [-0.3, -0.25) is 0 Å². The van der Waals surface area contributed by atoms with Crippen LogP contribution >= 0.6 is 0 Å². The van der Waals surface area contributed by atoms with Gasteiger partial charge in [0.25, 0.3) is 0 Å². The minimum absolute atomic E-state index is 0.561. The summed E-state index contributed by atoms with van der Waals surface area (Å²) >= 11 is 0. The molecular weight excluding hydrogens is 218 g/mol. The van der Waals surface area contributed by atoms with Crippen molar-refractivity contribution in [2.75, 3.05) is 11.9 Å². The molecule has 0 bridgehead atoms. The third-order valence-electron chi connectivity index (χ3n) is 4.51. The Bertz CT molecular complexity index is 552. The number of hydrogen-bond donors (Lipinski definition) is 1. The van der Waals surface area contributed by atoms with Crippen LogP contribution in [0.3, 0.4) is 0 Å². The molecule has 1 aliphatic carbocycles. The van der Waals surface area contributed by atoms with E-state index in [1.807, 2.05) is 0 Å². The standard InChI is InChI=1S/C17H21N/c1-13(2)17(9-10-17)12-18-16-8-7-14-5-3-4-6-15(14)11-16/h3-8,11,13,18H,9-10,12H2,1-2H3. The zero-order valence-corrected chi connectivity index (χ0v) is 11.2. The zero-order valence-electron chi connectivity index (χ0n) is 11.2. The SMILES string of the molecule is CC(C)C1(CNc2ccc3ccccc3c2)CC1. The first-order chi connectivity index (χ1) is 8.70. The molecule has 3 rings (SSSR count). The molecule has 0 aliphatic heterocycles. The summed E-state index contributed by atoms with van der Waals surface area (Å²) in [7, 11) is 0. The van der Waals surface area contributed by atoms with E-state index in [0.717, 1.165) is 12.5 Å². The molecule has 0 radical (unpaired) electrons. The summed E-state index contributed by atoms with van der Waals surface area (Å²) in [5.41, 5.74) is 1.81. The lowest BCUT2D eigenvalue weighted by Crippen LogP contribution is -2.20. The number of anilines is 1. The van der Waals surface area contributed by atoms with Crippen molar-refractivity contribution >= 4 is 16.5 Å². The van der Waals surface area contributed by atoms with E-state index >= 15 is 0 Å². The molecule has 1 nitrogen and oxygen atoms in total. The van der Waals surface area contributed by atoms with Gasteiger partial charge < -0.3 is 5.32 Å². The molecule has 2 aromatic carbocycles. The molecular formula is C17H21N. The molecule has 0 amide bonds. The molecule has 1 aliphatic rings. The fourth-order valence-corrected chi connectivity index (χ4v) is 2.70. The number of fused-ring (bicyclic) bond motifs is 1. The van der Waals surface area contributed by atoms with Gasteiger partial charge in [-0.05, 0) is 47.1 Å². The molecule has 2 aromatic rings. The maximum absolute atomic E-state index is 3.62. The fraction of sp³-hybridized carbons (Fsp3) is 0.412. The summed E-state index contributed by atoms with van der Waals surface area (Å²) < 4.78 is 0. The molecule has 0 unspecified atom stereocenters. The van der Waals surface area contributed by atoms with Crippen LogP contribution in [0, 0.1) is 11.3 Å². The predicted molar refractivity (Wildman–Crippen MR) is 78.9 cm³/mol. The van der Waals surface area contributed by atoms with Crippen LogP contribution in [0.15, 0.2) is 42.5 Å². The highest BCUT2D eigenvalue weighted by Crippen LogP contribution is 2.51. The molecule has 0 aromatic heterocycles. The smallest absolute Gasteiger partial charge is 0.0346 e. The summed E-state index contributed by atoms with van der Waals surface area (Å²) in [4.78, 5) is 0. The van der Waals surface area contributed by atoms with Gasteiger partial charge in [0, 0.05) is 12.2 Å². The monoisotopic (exact) mass is 239 g/mol. The Balaban J connectivity index is 1.75. The molecule has 1 saturated carbocycles. The highest BCUT2D eigenvalue weighted by atomic mass is 14.9. The van der Waals surface area contributed by atoms with Crippen molar-refractivity contribution in [3.05, 3.63) is 42.5 Å². The lowest BCUT2D eigenvalue weighted by Gasteiger charge is -2.20. The van der Waals surface area contributed by atoms with E-state index in [9.17, 15) is 0 Å². The minimum Gasteiger partial charge on any atom is -0.384 e. The van der Waals surface area contributed by atoms with Crippen LogP contribution in [0.4, 0.5) is 5.69 Å². The number of nitrogens with one attached hydrogen (secondary N) is 1. The van der Waals surface area contributed by atoms with Crippen LogP contribution in [-0.2, 0) is 0 Å². The highest BCUT2D eigenvalue weighted by Gasteiger charge is 2.44. The Hall–Kier alpha value is -1.50. The topological polar surface area (TPSA) is 12.0 Å². The molecule has 0 saturated heterocycles. The average molecular weight is 239 g/mol. The second-order valence-corrected chi connectivity index (χ2v) is 5.93. The lowest BCUT2D eigenvalue weighted by atomic mass is 9.92. The van der Waals surface area contributed by atoms with E-state index in [1.54, 1.807) is 0 Å². The molecule has 0 spiro atoms. The van der Waals surface area contributed by atoms with Gasteiger partial charge in [0.05, 0.1) is 0 Å². The Kier molecular flexibility index (Phi) is 2.77. The van der Waals surface area contributed by atoms with E-state index in [1.165, 1.54) is 29.3 Å². The van der Waals surface area contributed by atoms with Crippen molar-refractivity contribution in [1.29, 1.82) is 0 Å². The van der Waals surface area contributed by atoms with Gasteiger partial charge in [0.2, 0.25) is 0 Å². The van der Waals surface area contributed by atoms with E-state index in [-0.39, 0.29) is 0 Å². The molecule has 1 N–H and O–H groups in total. The lowest BCUT2D eigenvalue weighted by molar-refractivity contribution is 0.380. The van der Waals surface area contributed by atoms with Gasteiger partial charge in [0.1, 0.15) is 0 Å². The zero-order chi connectivity index (χ0) is 12.6. The first-order valence-corrected chi connectivity index (χ1v) is 6.92. The summed E-state index contributed by atoms with van der Waals surface area (Å²) in [5, 5.41) is 6.25. The van der Waals surface area contributed by atoms with Gasteiger partial charge in [-0.25, -0.2) is 0 Å². The van der Waals surface area contributed by atoms with Crippen molar-refractivity contribution in [1.82, 2.24) is 0 Å². The van der Waals surface area contributed by atoms with Crippen LogP contribution in [0.2, 0.25) is 0 Å². The number of benzene rings is 2. The third-order valence-corrected chi connectivity index (χ3v) is 4.51. The number of hydrogen-bond acceptors (Lipinski definition) is 1. The largest absolute Gasteiger partial charge is 0.384 e. The Morgan fingerprint density at radius 2 is 1.78 bits per heavy atom. The second kappa shape index (κ2) is 4.31. The van der Waals surface area contributed by atoms with Crippen molar-refractivity contribution in [3.8, 4) is 0 Å². The molecule has 0 atom stereocenters. The first kappa shape index (κ1) is 11.6. The van der Waals surface area contributed by atoms with E-state index < -0.39 is 0 Å². The van der Waals surface area contributed by atoms with Gasteiger partial charge >= 0.3 is 0 Å². The van der Waals surface area contributed by atoms with Gasteiger partial charge in [-0.2, -0.15) is 0 Å². The minimum atomic E-state index is 0.561. The van der Waals surface area contributed by atoms with Gasteiger partial charge in [-0.1, -0.05) is 44.2 Å².